The van der Waals surface area contributed by atoms with Gasteiger partial charge in [-0.1, -0.05) is 29.4 Å². The molecule has 2 aromatic rings. The maximum atomic E-state index is 11.8. The number of hydrogen-bond acceptors (Lipinski definition) is 5. The second-order valence-corrected chi connectivity index (χ2v) is 6.72. The number of carbonyl (C=O) groups is 1. The van der Waals surface area contributed by atoms with Crippen LogP contribution in [-0.2, 0) is 22.3 Å². The summed E-state index contributed by atoms with van der Waals surface area (Å²) < 4.78 is 30.0. The van der Waals surface area contributed by atoms with E-state index in [4.69, 9.17) is 4.52 Å². The smallest absolute Gasteiger partial charge is 0.290 e. The normalized spacial score (nSPS) is 11.4. The minimum atomic E-state index is -3.28. The van der Waals surface area contributed by atoms with Crippen LogP contribution in [0.1, 0.15) is 27.4 Å². The molecule has 7 nitrogen and oxygen atoms in total. The fraction of sp³-hybridized carbons (Fsp3) is 0.286. The van der Waals surface area contributed by atoms with Crippen LogP contribution in [-0.4, -0.2) is 26.5 Å². The van der Waals surface area contributed by atoms with E-state index in [2.05, 4.69) is 15.2 Å². The Labute approximate surface area is 128 Å². The van der Waals surface area contributed by atoms with Gasteiger partial charge in [0.05, 0.1) is 11.4 Å². The van der Waals surface area contributed by atoms with Crippen molar-refractivity contribution in [3.8, 4) is 0 Å². The third kappa shape index (κ3) is 4.40. The Balaban J connectivity index is 1.93. The lowest BCUT2D eigenvalue weighted by Gasteiger charge is -2.06. The van der Waals surface area contributed by atoms with Crippen molar-refractivity contribution < 1.29 is 17.7 Å². The first-order valence-electron chi connectivity index (χ1n) is 6.60. The molecule has 8 heteroatoms. The number of aromatic nitrogens is 1. The van der Waals surface area contributed by atoms with Gasteiger partial charge < -0.3 is 9.84 Å². The molecule has 0 aliphatic rings. The van der Waals surface area contributed by atoms with Gasteiger partial charge >= 0.3 is 0 Å². The summed E-state index contributed by atoms with van der Waals surface area (Å²) >= 11 is 0. The predicted molar refractivity (Wildman–Crippen MR) is 80.5 cm³/mol. The monoisotopic (exact) mass is 323 g/mol. The first kappa shape index (κ1) is 16.2. The summed E-state index contributed by atoms with van der Waals surface area (Å²) in [6, 6.07) is 8.53. The highest BCUT2D eigenvalue weighted by atomic mass is 32.2. The lowest BCUT2D eigenvalue weighted by atomic mass is 10.1. The molecule has 2 N–H and O–H groups in total. The zero-order chi connectivity index (χ0) is 16.2. The van der Waals surface area contributed by atoms with E-state index < -0.39 is 10.0 Å². The average Bonchev–Trinajstić information content (AvgIpc) is 2.92. The van der Waals surface area contributed by atoms with E-state index in [0.29, 0.717) is 17.8 Å². The molecular formula is C14H17N3O4S. The van der Waals surface area contributed by atoms with Gasteiger partial charge in [-0.3, -0.25) is 4.79 Å². The summed E-state index contributed by atoms with van der Waals surface area (Å²) in [7, 11) is -1.90. The molecule has 0 saturated heterocycles. The van der Waals surface area contributed by atoms with Crippen molar-refractivity contribution in [1.29, 1.82) is 0 Å². The van der Waals surface area contributed by atoms with Gasteiger partial charge in [0.1, 0.15) is 0 Å². The predicted octanol–water partition coefficient (Wildman–Crippen LogP) is 0.962. The summed E-state index contributed by atoms with van der Waals surface area (Å²) in [6.45, 7) is 2.05. The van der Waals surface area contributed by atoms with Crippen molar-refractivity contribution >= 4 is 15.9 Å². The molecule has 1 aromatic carbocycles. The van der Waals surface area contributed by atoms with E-state index in [1.165, 1.54) is 7.05 Å². The summed E-state index contributed by atoms with van der Waals surface area (Å²) in [6.07, 6.45) is 0. The number of nitrogens with zero attached hydrogens (tertiary/aromatic N) is 1. The van der Waals surface area contributed by atoms with E-state index in [-0.39, 0.29) is 17.4 Å². The van der Waals surface area contributed by atoms with Gasteiger partial charge in [-0.15, -0.1) is 0 Å². The lowest BCUT2D eigenvalue weighted by Crippen LogP contribution is -2.22. The molecule has 0 fully saturated rings. The first-order chi connectivity index (χ1) is 10.4. The van der Waals surface area contributed by atoms with E-state index in [9.17, 15) is 13.2 Å². The first-order valence-corrected chi connectivity index (χ1v) is 8.25. The van der Waals surface area contributed by atoms with E-state index in [0.717, 1.165) is 5.56 Å². The average molecular weight is 323 g/mol. The van der Waals surface area contributed by atoms with Crippen molar-refractivity contribution in [2.45, 2.75) is 19.2 Å². The largest absolute Gasteiger partial charge is 0.351 e. The fourth-order valence-corrected chi connectivity index (χ4v) is 2.56. The van der Waals surface area contributed by atoms with Crippen molar-refractivity contribution in [3.05, 3.63) is 52.9 Å². The highest BCUT2D eigenvalue weighted by Crippen LogP contribution is 2.08. The molecular weight excluding hydrogens is 306 g/mol. The molecule has 118 valence electrons. The third-order valence-electron chi connectivity index (χ3n) is 3.00. The van der Waals surface area contributed by atoms with Crippen molar-refractivity contribution in [3.63, 3.8) is 0 Å². The minimum Gasteiger partial charge on any atom is -0.351 e. The van der Waals surface area contributed by atoms with Gasteiger partial charge in [-0.2, -0.15) is 0 Å². The van der Waals surface area contributed by atoms with Crippen molar-refractivity contribution in [1.82, 2.24) is 15.2 Å². The highest BCUT2D eigenvalue weighted by Gasteiger charge is 2.11. The summed E-state index contributed by atoms with van der Waals surface area (Å²) in [5.41, 5.74) is 2.17. The maximum Gasteiger partial charge on any atom is 0.290 e. The number of aryl methyl sites for hydroxylation is 1. The van der Waals surface area contributed by atoms with Crippen molar-refractivity contribution in [2.24, 2.45) is 0 Å². The molecule has 1 aromatic heterocycles. The molecule has 1 amide bonds. The molecule has 22 heavy (non-hydrogen) atoms. The Kier molecular flexibility index (Phi) is 4.94. The van der Waals surface area contributed by atoms with Gasteiger partial charge in [0.25, 0.3) is 5.91 Å². The molecule has 0 atom stereocenters. The zero-order valence-electron chi connectivity index (χ0n) is 12.3. The number of sulfonamides is 1. The summed E-state index contributed by atoms with van der Waals surface area (Å²) in [5, 5.41) is 6.35. The standard InChI is InChI=1S/C14H17N3O4S/c1-10-7-13(21-17-10)14(18)16-8-11-3-5-12(6-4-11)9-22(19,20)15-2/h3-7,15H,8-9H2,1-2H3,(H,16,18). The van der Waals surface area contributed by atoms with Gasteiger partial charge in [0.2, 0.25) is 15.8 Å². The van der Waals surface area contributed by atoms with E-state index in [1.807, 2.05) is 0 Å². The van der Waals surface area contributed by atoms with Crippen LogP contribution in [0.25, 0.3) is 0 Å². The molecule has 1 heterocycles. The van der Waals surface area contributed by atoms with Gasteiger partial charge in [-0.25, -0.2) is 13.1 Å². The molecule has 0 spiro atoms. The highest BCUT2D eigenvalue weighted by molar-refractivity contribution is 7.88. The van der Waals surface area contributed by atoms with Crippen LogP contribution in [0.5, 0.6) is 0 Å². The SMILES string of the molecule is CNS(=O)(=O)Cc1ccc(CNC(=O)c2cc(C)no2)cc1. The van der Waals surface area contributed by atoms with Crippen LogP contribution >= 0.6 is 0 Å². The lowest BCUT2D eigenvalue weighted by molar-refractivity contribution is 0.0914. The van der Waals surface area contributed by atoms with E-state index >= 15 is 0 Å². The number of benzene rings is 1. The van der Waals surface area contributed by atoms with Crippen LogP contribution in [0.2, 0.25) is 0 Å². The number of amides is 1. The Morgan fingerprint density at radius 1 is 1.23 bits per heavy atom. The third-order valence-corrected chi connectivity index (χ3v) is 4.33. The summed E-state index contributed by atoms with van der Waals surface area (Å²) in [5.74, 6) is -0.260. The number of nitrogens with one attached hydrogen (secondary N) is 2. The molecule has 0 bridgehead atoms. The Bertz CT molecular complexity index is 751. The number of carbonyl (C=O) groups excluding carboxylic acids is 1. The quantitative estimate of drug-likeness (QED) is 0.824. The minimum absolute atomic E-state index is 0.0759. The Morgan fingerprint density at radius 3 is 2.41 bits per heavy atom. The Morgan fingerprint density at radius 2 is 1.86 bits per heavy atom. The molecule has 0 aliphatic carbocycles. The molecule has 0 unspecified atom stereocenters. The van der Waals surface area contributed by atoms with Crippen molar-refractivity contribution in [2.75, 3.05) is 7.05 Å². The molecule has 0 aliphatic heterocycles. The topological polar surface area (TPSA) is 101 Å². The second kappa shape index (κ2) is 6.71. The number of rotatable bonds is 6. The van der Waals surface area contributed by atoms with Crippen LogP contribution in [0, 0.1) is 6.92 Å². The van der Waals surface area contributed by atoms with E-state index in [1.54, 1.807) is 37.3 Å². The maximum absolute atomic E-state index is 11.8. The van der Waals surface area contributed by atoms with Crippen LogP contribution in [0.15, 0.2) is 34.9 Å². The molecule has 0 radical (unpaired) electrons. The molecule has 2 rings (SSSR count). The molecule has 0 saturated carbocycles. The fourth-order valence-electron chi connectivity index (χ4n) is 1.78. The second-order valence-electron chi connectivity index (χ2n) is 4.79. The summed E-state index contributed by atoms with van der Waals surface area (Å²) in [4.78, 5) is 11.8. The number of hydrogen-bond donors (Lipinski definition) is 2. The van der Waals surface area contributed by atoms with Gasteiger partial charge in [0, 0.05) is 12.6 Å². The van der Waals surface area contributed by atoms with Crippen LogP contribution in [0.4, 0.5) is 0 Å². The van der Waals surface area contributed by atoms with Crippen LogP contribution < -0.4 is 10.0 Å². The van der Waals surface area contributed by atoms with Gasteiger partial charge in [0.15, 0.2) is 0 Å². The Hall–Kier alpha value is -2.19. The van der Waals surface area contributed by atoms with Crippen LogP contribution in [0.3, 0.4) is 0 Å². The zero-order valence-corrected chi connectivity index (χ0v) is 13.1. The van der Waals surface area contributed by atoms with Gasteiger partial charge in [-0.05, 0) is 25.1 Å².